The fourth-order valence-corrected chi connectivity index (χ4v) is 12.2. The van der Waals surface area contributed by atoms with Crippen LogP contribution in [-0.4, -0.2) is 6.71 Å². The maximum Gasteiger partial charge on any atom is 0.247 e. The van der Waals surface area contributed by atoms with Crippen molar-refractivity contribution in [3.05, 3.63) is 166 Å². The summed E-state index contributed by atoms with van der Waals surface area (Å²) < 4.78 is 7.15. The lowest BCUT2D eigenvalue weighted by molar-refractivity contribution is 0.568. The molecule has 0 aliphatic carbocycles. The smallest absolute Gasteiger partial charge is 0.247 e. The molecular formula is C68H72BNO. The van der Waals surface area contributed by atoms with E-state index in [0.29, 0.717) is 0 Å². The summed E-state index contributed by atoms with van der Waals surface area (Å²) in [5.74, 6) is 0. The summed E-state index contributed by atoms with van der Waals surface area (Å²) in [6.07, 6.45) is 0. The summed E-state index contributed by atoms with van der Waals surface area (Å²) in [7, 11) is 0. The fourth-order valence-electron chi connectivity index (χ4n) is 12.2. The minimum atomic E-state index is -0.212. The molecule has 2 bridgehead atoms. The van der Waals surface area contributed by atoms with Gasteiger partial charge >= 0.3 is 0 Å². The molecule has 0 fully saturated rings. The molecule has 9 aromatic rings. The minimum absolute atomic E-state index is 0.0550. The molecule has 0 amide bonds. The zero-order valence-electron chi connectivity index (χ0n) is 45.6. The van der Waals surface area contributed by atoms with Crippen molar-refractivity contribution in [2.24, 2.45) is 0 Å². The van der Waals surface area contributed by atoms with E-state index in [-0.39, 0.29) is 33.8 Å². The van der Waals surface area contributed by atoms with E-state index in [1.807, 2.05) is 0 Å². The molecule has 2 aliphatic rings. The lowest BCUT2D eigenvalue weighted by atomic mass is 9.33. The SMILES string of the molecule is C=C1B2c3cc4c(C)c5ccccc5c(C(C)(C)C)c4cc3N(c3cc(C(C)(C)C)cc(C(C)(C)C)c3)c3cc4oc5ccccc5c4c(c32)-c2cc(C(C)(C)C)cc(c2C)-c2cc(C(C)(C)C)ccc21. The van der Waals surface area contributed by atoms with Crippen molar-refractivity contribution in [2.75, 3.05) is 4.90 Å². The van der Waals surface area contributed by atoms with E-state index in [9.17, 15) is 0 Å². The van der Waals surface area contributed by atoms with Crippen molar-refractivity contribution in [3.63, 3.8) is 0 Å². The Morgan fingerprint density at radius 1 is 0.437 bits per heavy atom. The van der Waals surface area contributed by atoms with Gasteiger partial charge in [-0.15, -0.1) is 6.58 Å². The lowest BCUT2D eigenvalue weighted by Crippen LogP contribution is -2.51. The second-order valence-electron chi connectivity index (χ2n) is 26.4. The van der Waals surface area contributed by atoms with Gasteiger partial charge in [0.2, 0.25) is 6.71 Å². The maximum absolute atomic E-state index is 7.15. The molecule has 0 atom stereocenters. The van der Waals surface area contributed by atoms with Crippen molar-refractivity contribution >= 4 is 83.7 Å². The molecule has 3 heteroatoms. The number of hydrogen-bond donors (Lipinski definition) is 0. The first-order valence-corrected chi connectivity index (χ1v) is 26.1. The number of fused-ring (bicyclic) bond motifs is 13. The normalized spacial score (nSPS) is 14.2. The summed E-state index contributed by atoms with van der Waals surface area (Å²) >= 11 is 0. The first-order valence-electron chi connectivity index (χ1n) is 26.1. The second-order valence-corrected chi connectivity index (χ2v) is 26.4. The number of furan rings is 1. The average molecular weight is 930 g/mol. The van der Waals surface area contributed by atoms with Gasteiger partial charge in [0.15, 0.2) is 0 Å². The zero-order chi connectivity index (χ0) is 50.8. The summed E-state index contributed by atoms with van der Waals surface area (Å²) in [5, 5.41) is 7.54. The van der Waals surface area contributed by atoms with Crippen LogP contribution >= 0.6 is 0 Å². The summed E-state index contributed by atoms with van der Waals surface area (Å²) in [6.45, 7) is 45.2. The Morgan fingerprint density at radius 3 is 1.62 bits per heavy atom. The van der Waals surface area contributed by atoms with Crippen LogP contribution in [0.1, 0.15) is 148 Å². The number of nitrogens with zero attached hydrogens (tertiary/aromatic N) is 1. The number of benzene rings is 8. The molecule has 11 rings (SSSR count). The number of anilines is 3. The van der Waals surface area contributed by atoms with Gasteiger partial charge in [0, 0.05) is 33.9 Å². The van der Waals surface area contributed by atoms with E-state index in [0.717, 1.165) is 33.4 Å². The van der Waals surface area contributed by atoms with Crippen molar-refractivity contribution in [3.8, 4) is 22.3 Å². The van der Waals surface area contributed by atoms with Crippen LogP contribution in [-0.2, 0) is 27.1 Å². The Hall–Kier alpha value is -6.32. The first-order chi connectivity index (χ1) is 33.1. The molecule has 71 heavy (non-hydrogen) atoms. The number of rotatable bonds is 1. The predicted octanol–water partition coefficient (Wildman–Crippen LogP) is 18.3. The molecule has 358 valence electrons. The molecule has 0 saturated heterocycles. The molecular weight excluding hydrogens is 858 g/mol. The van der Waals surface area contributed by atoms with Crippen molar-refractivity contribution in [2.45, 2.75) is 145 Å². The molecule has 2 nitrogen and oxygen atoms in total. The topological polar surface area (TPSA) is 16.4 Å². The van der Waals surface area contributed by atoms with Crippen LogP contribution in [0.2, 0.25) is 0 Å². The lowest BCUT2D eigenvalue weighted by Gasteiger charge is -2.40. The Morgan fingerprint density at radius 2 is 1.00 bits per heavy atom. The van der Waals surface area contributed by atoms with Crippen LogP contribution in [0.25, 0.3) is 71.2 Å². The van der Waals surface area contributed by atoms with Crippen LogP contribution in [0.4, 0.5) is 17.1 Å². The van der Waals surface area contributed by atoms with Gasteiger partial charge in [0.05, 0.1) is 0 Å². The van der Waals surface area contributed by atoms with E-state index >= 15 is 0 Å². The monoisotopic (exact) mass is 930 g/mol. The third-order valence-electron chi connectivity index (χ3n) is 16.3. The highest BCUT2D eigenvalue weighted by molar-refractivity contribution is 7.03. The third kappa shape index (κ3) is 7.26. The standard InChI is InChI=1S/C68H72BNO/c1-38-46-23-19-20-24-48(46)62(68(16,17)18)54-36-56-55(35-51(38)54)69-40(3)47-28-27-41(64(4,5)6)32-53(47)50-33-44(67(13,14)15)34-52(39(50)2)61-60-49-25-21-22-26-58(49)71-59(60)37-57(63(61)69)70(56)45-30-42(65(7,8)9)29-43(31-45)66(10,11)12/h19-37H,3H2,1-2,4-18H3. The van der Waals surface area contributed by atoms with Gasteiger partial charge in [0.1, 0.15) is 11.2 Å². The van der Waals surface area contributed by atoms with Crippen LogP contribution in [0.3, 0.4) is 0 Å². The summed E-state index contributed by atoms with van der Waals surface area (Å²) in [5.41, 5.74) is 23.9. The quantitative estimate of drug-likeness (QED) is 0.120. The fraction of sp³-hybridized carbons (Fsp3) is 0.324. The summed E-state index contributed by atoms with van der Waals surface area (Å²) in [6, 6.07) is 45.0. The van der Waals surface area contributed by atoms with Gasteiger partial charge in [-0.1, -0.05) is 194 Å². The van der Waals surface area contributed by atoms with E-state index in [2.05, 4.69) is 238 Å². The Labute approximate surface area is 424 Å². The number of hydrogen-bond acceptors (Lipinski definition) is 2. The molecule has 3 heterocycles. The minimum Gasteiger partial charge on any atom is -0.456 e. The first kappa shape index (κ1) is 47.0. The van der Waals surface area contributed by atoms with E-state index in [1.54, 1.807) is 0 Å². The van der Waals surface area contributed by atoms with E-state index < -0.39 is 0 Å². The molecule has 8 aromatic carbocycles. The number of aryl methyl sites for hydroxylation is 1. The average Bonchev–Trinajstić information content (AvgIpc) is 3.66. The number of para-hydroxylation sites is 1. The van der Waals surface area contributed by atoms with Crippen molar-refractivity contribution < 1.29 is 4.42 Å². The zero-order valence-corrected chi connectivity index (χ0v) is 45.6. The Kier molecular flexibility index (Phi) is 10.2. The van der Waals surface area contributed by atoms with E-state index in [4.69, 9.17) is 11.0 Å². The summed E-state index contributed by atoms with van der Waals surface area (Å²) in [4.78, 5) is 2.64. The van der Waals surface area contributed by atoms with Gasteiger partial charge < -0.3 is 9.32 Å². The van der Waals surface area contributed by atoms with Gasteiger partial charge in [-0.2, -0.15) is 0 Å². The van der Waals surface area contributed by atoms with Gasteiger partial charge in [0.25, 0.3) is 0 Å². The molecule has 2 aliphatic heterocycles. The molecule has 1 aromatic heterocycles. The Bertz CT molecular complexity index is 3730. The van der Waals surface area contributed by atoms with Crippen molar-refractivity contribution in [1.29, 1.82) is 0 Å². The molecule has 0 spiro atoms. The van der Waals surface area contributed by atoms with E-state index in [1.165, 1.54) is 110 Å². The van der Waals surface area contributed by atoms with Crippen LogP contribution in [0, 0.1) is 13.8 Å². The predicted molar refractivity (Wildman–Crippen MR) is 311 cm³/mol. The maximum atomic E-state index is 7.15. The highest BCUT2D eigenvalue weighted by atomic mass is 16.3. The third-order valence-corrected chi connectivity index (χ3v) is 16.3. The second kappa shape index (κ2) is 15.3. The van der Waals surface area contributed by atoms with Crippen LogP contribution in [0.15, 0.2) is 126 Å². The largest absolute Gasteiger partial charge is 0.456 e. The van der Waals surface area contributed by atoms with Gasteiger partial charge in [-0.05, 0) is 164 Å². The van der Waals surface area contributed by atoms with Crippen LogP contribution in [0.5, 0.6) is 0 Å². The highest BCUT2D eigenvalue weighted by Crippen LogP contribution is 2.52. The van der Waals surface area contributed by atoms with Gasteiger partial charge in [-0.3, -0.25) is 0 Å². The molecule has 0 N–H and O–H groups in total. The molecule has 0 unspecified atom stereocenters. The van der Waals surface area contributed by atoms with Gasteiger partial charge in [-0.25, -0.2) is 0 Å². The van der Waals surface area contributed by atoms with Crippen molar-refractivity contribution in [1.82, 2.24) is 0 Å². The molecule has 0 saturated carbocycles. The highest BCUT2D eigenvalue weighted by Gasteiger charge is 2.43. The Balaban J connectivity index is 1.42. The molecule has 0 radical (unpaired) electrons. The van der Waals surface area contributed by atoms with Crippen LogP contribution < -0.4 is 15.8 Å².